The SMILES string of the molecule is COC(=O)c1nnc(NC(=O)Nc2cc(F)ccc2Oc2cccc(OC)c2OC)s1. The summed E-state index contributed by atoms with van der Waals surface area (Å²) in [5.74, 6) is -0.0662. The van der Waals surface area contributed by atoms with E-state index in [0.29, 0.717) is 17.2 Å². The molecule has 0 atom stereocenters. The highest BCUT2D eigenvalue weighted by Crippen LogP contribution is 2.41. The number of amides is 2. The van der Waals surface area contributed by atoms with E-state index < -0.39 is 17.8 Å². The maximum Gasteiger partial charge on any atom is 0.369 e. The normalized spacial score (nSPS) is 10.2. The summed E-state index contributed by atoms with van der Waals surface area (Å²) in [6.07, 6.45) is 0. The topological polar surface area (TPSA) is 121 Å². The molecular formula is C19H17FN4O6S. The van der Waals surface area contributed by atoms with Crippen molar-refractivity contribution in [2.45, 2.75) is 0 Å². The minimum absolute atomic E-state index is 0.0299. The van der Waals surface area contributed by atoms with Crippen molar-refractivity contribution in [3.63, 3.8) is 0 Å². The fourth-order valence-corrected chi connectivity index (χ4v) is 3.10. The van der Waals surface area contributed by atoms with E-state index in [4.69, 9.17) is 14.2 Å². The second-order valence-electron chi connectivity index (χ2n) is 5.72. The summed E-state index contributed by atoms with van der Waals surface area (Å²) < 4.78 is 34.7. The molecule has 0 spiro atoms. The Kier molecular flexibility index (Phi) is 6.82. The molecule has 2 N–H and O–H groups in total. The van der Waals surface area contributed by atoms with E-state index in [1.807, 2.05) is 0 Å². The quantitative estimate of drug-likeness (QED) is 0.522. The second-order valence-corrected chi connectivity index (χ2v) is 6.69. The number of nitrogens with zero attached hydrogens (tertiary/aromatic N) is 2. The lowest BCUT2D eigenvalue weighted by molar-refractivity contribution is 0.0599. The van der Waals surface area contributed by atoms with Gasteiger partial charge in [-0.1, -0.05) is 17.4 Å². The summed E-state index contributed by atoms with van der Waals surface area (Å²) in [7, 11) is 4.13. The Morgan fingerprint density at radius 1 is 0.968 bits per heavy atom. The number of halogens is 1. The van der Waals surface area contributed by atoms with E-state index in [9.17, 15) is 14.0 Å². The fourth-order valence-electron chi connectivity index (χ4n) is 2.44. The molecule has 0 aliphatic heterocycles. The Labute approximate surface area is 179 Å². The number of carbonyl (C=O) groups excluding carboxylic acids is 2. The standard InChI is InChI=1S/C19H17FN4O6S/c1-27-13-5-4-6-14(15(13)28-2)30-12-8-7-10(20)9-11(12)21-18(26)22-19-24-23-16(31-19)17(25)29-3/h4-9H,1-3H3,(H2,21,22,24,26). The van der Waals surface area contributed by atoms with Crippen LogP contribution in [0.3, 0.4) is 0 Å². The summed E-state index contributed by atoms with van der Waals surface area (Å²) in [4.78, 5) is 23.8. The van der Waals surface area contributed by atoms with Gasteiger partial charge in [-0.3, -0.25) is 5.32 Å². The molecule has 0 aliphatic rings. The molecule has 0 fully saturated rings. The lowest BCUT2D eigenvalue weighted by atomic mass is 10.2. The van der Waals surface area contributed by atoms with Gasteiger partial charge < -0.3 is 24.3 Å². The van der Waals surface area contributed by atoms with E-state index in [0.717, 1.165) is 17.4 Å². The molecule has 3 aromatic rings. The summed E-state index contributed by atoms with van der Waals surface area (Å²) >= 11 is 0.819. The predicted molar refractivity (Wildman–Crippen MR) is 110 cm³/mol. The molecule has 2 aromatic carbocycles. The van der Waals surface area contributed by atoms with Crippen molar-refractivity contribution in [3.8, 4) is 23.0 Å². The third-order valence-electron chi connectivity index (χ3n) is 3.78. The van der Waals surface area contributed by atoms with Gasteiger partial charge in [0.25, 0.3) is 0 Å². The Hall–Kier alpha value is -3.93. The molecule has 0 bridgehead atoms. The fraction of sp³-hybridized carbons (Fsp3) is 0.158. The van der Waals surface area contributed by atoms with Gasteiger partial charge in [0.05, 0.1) is 27.0 Å². The van der Waals surface area contributed by atoms with Crippen molar-refractivity contribution < 1.29 is 32.9 Å². The number of urea groups is 1. The largest absolute Gasteiger partial charge is 0.493 e. The first-order chi connectivity index (χ1) is 14.9. The van der Waals surface area contributed by atoms with Crippen LogP contribution in [0.15, 0.2) is 36.4 Å². The molecule has 0 saturated heterocycles. The summed E-state index contributed by atoms with van der Waals surface area (Å²) in [5, 5.41) is 12.2. The van der Waals surface area contributed by atoms with Crippen LogP contribution >= 0.6 is 11.3 Å². The van der Waals surface area contributed by atoms with Crippen molar-refractivity contribution in [2.75, 3.05) is 32.0 Å². The maximum absolute atomic E-state index is 13.8. The summed E-state index contributed by atoms with van der Waals surface area (Å²) in [6, 6.07) is 7.87. The molecule has 0 saturated carbocycles. The zero-order valence-corrected chi connectivity index (χ0v) is 17.4. The highest BCUT2D eigenvalue weighted by atomic mass is 32.1. The van der Waals surface area contributed by atoms with Gasteiger partial charge in [-0.05, 0) is 24.3 Å². The lowest BCUT2D eigenvalue weighted by Gasteiger charge is -2.16. The molecule has 0 radical (unpaired) electrons. The molecule has 2 amide bonds. The number of benzene rings is 2. The van der Waals surface area contributed by atoms with Gasteiger partial charge in [0, 0.05) is 6.07 Å². The minimum atomic E-state index is -0.749. The van der Waals surface area contributed by atoms with Gasteiger partial charge in [0.15, 0.2) is 17.2 Å². The molecule has 162 valence electrons. The average molecular weight is 448 g/mol. The number of rotatable bonds is 7. The predicted octanol–water partition coefficient (Wildman–Crippen LogP) is 3.92. The second kappa shape index (κ2) is 9.71. The van der Waals surface area contributed by atoms with Crippen LogP contribution in [-0.2, 0) is 4.74 Å². The van der Waals surface area contributed by atoms with Crippen molar-refractivity contribution in [3.05, 3.63) is 47.2 Å². The van der Waals surface area contributed by atoms with Crippen LogP contribution in [0, 0.1) is 5.82 Å². The van der Waals surface area contributed by atoms with Crippen LogP contribution in [0.2, 0.25) is 0 Å². The summed E-state index contributed by atoms with van der Waals surface area (Å²) in [5.41, 5.74) is 0.0417. The van der Waals surface area contributed by atoms with Crippen molar-refractivity contribution >= 4 is 34.2 Å². The lowest BCUT2D eigenvalue weighted by Crippen LogP contribution is -2.19. The maximum atomic E-state index is 13.8. The Morgan fingerprint density at radius 2 is 1.74 bits per heavy atom. The Balaban J connectivity index is 1.80. The molecule has 12 heteroatoms. The van der Waals surface area contributed by atoms with Crippen LogP contribution in [0.5, 0.6) is 23.0 Å². The third-order valence-corrected chi connectivity index (χ3v) is 4.60. The molecule has 31 heavy (non-hydrogen) atoms. The molecule has 0 unspecified atom stereocenters. The molecule has 3 rings (SSSR count). The molecular weight excluding hydrogens is 431 g/mol. The Bertz CT molecular complexity index is 1110. The minimum Gasteiger partial charge on any atom is -0.493 e. The zero-order chi connectivity index (χ0) is 22.4. The van der Waals surface area contributed by atoms with Gasteiger partial charge in [0.1, 0.15) is 5.82 Å². The third kappa shape index (κ3) is 5.17. The number of nitrogens with one attached hydrogen (secondary N) is 2. The van der Waals surface area contributed by atoms with Gasteiger partial charge in [-0.2, -0.15) is 0 Å². The number of esters is 1. The number of hydrogen-bond donors (Lipinski definition) is 2. The van der Waals surface area contributed by atoms with Gasteiger partial charge in [-0.25, -0.2) is 14.0 Å². The smallest absolute Gasteiger partial charge is 0.369 e. The van der Waals surface area contributed by atoms with E-state index in [1.165, 1.54) is 33.5 Å². The number of para-hydroxylation sites is 1. The van der Waals surface area contributed by atoms with E-state index >= 15 is 0 Å². The van der Waals surface area contributed by atoms with Crippen LogP contribution < -0.4 is 24.8 Å². The van der Waals surface area contributed by atoms with Crippen LogP contribution in [0.4, 0.5) is 20.0 Å². The number of hydrogen-bond acceptors (Lipinski definition) is 9. The zero-order valence-electron chi connectivity index (χ0n) is 16.6. The Morgan fingerprint density at radius 3 is 2.45 bits per heavy atom. The number of carbonyl (C=O) groups is 2. The van der Waals surface area contributed by atoms with Crippen molar-refractivity contribution in [2.24, 2.45) is 0 Å². The van der Waals surface area contributed by atoms with E-state index in [2.05, 4.69) is 25.6 Å². The highest BCUT2D eigenvalue weighted by Gasteiger charge is 2.17. The first-order valence-corrected chi connectivity index (χ1v) is 9.45. The number of aromatic nitrogens is 2. The summed E-state index contributed by atoms with van der Waals surface area (Å²) in [6.45, 7) is 0. The monoisotopic (exact) mass is 448 g/mol. The van der Waals surface area contributed by atoms with Crippen molar-refractivity contribution in [1.29, 1.82) is 0 Å². The van der Waals surface area contributed by atoms with Crippen molar-refractivity contribution in [1.82, 2.24) is 10.2 Å². The van der Waals surface area contributed by atoms with E-state index in [-0.39, 0.29) is 21.6 Å². The molecule has 1 aromatic heterocycles. The number of anilines is 2. The first kappa shape index (κ1) is 21.8. The molecule has 1 heterocycles. The number of ether oxygens (including phenoxy) is 4. The average Bonchev–Trinajstić information content (AvgIpc) is 3.23. The highest BCUT2D eigenvalue weighted by molar-refractivity contribution is 7.17. The van der Waals surface area contributed by atoms with Gasteiger partial charge in [-0.15, -0.1) is 10.2 Å². The van der Waals surface area contributed by atoms with Crippen LogP contribution in [-0.4, -0.2) is 43.5 Å². The number of methoxy groups -OCH3 is 3. The first-order valence-electron chi connectivity index (χ1n) is 8.63. The van der Waals surface area contributed by atoms with E-state index in [1.54, 1.807) is 18.2 Å². The van der Waals surface area contributed by atoms with Gasteiger partial charge >= 0.3 is 12.0 Å². The molecule has 0 aliphatic carbocycles. The molecule has 10 nitrogen and oxygen atoms in total. The van der Waals surface area contributed by atoms with Gasteiger partial charge in [0.2, 0.25) is 15.9 Å². The van der Waals surface area contributed by atoms with Crippen LogP contribution in [0.1, 0.15) is 9.80 Å². The van der Waals surface area contributed by atoms with Crippen LogP contribution in [0.25, 0.3) is 0 Å².